The number of rotatable bonds is 9. The van der Waals surface area contributed by atoms with Crippen molar-refractivity contribution >= 4 is 21.4 Å². The SMILES string of the molecule is CCCCCS(=O)(=O)CC(=O)NCCc1ccc(N)cc1. The van der Waals surface area contributed by atoms with Crippen LogP contribution in [0, 0.1) is 0 Å². The fourth-order valence-electron chi connectivity index (χ4n) is 1.93. The third-order valence-corrected chi connectivity index (χ3v) is 4.74. The van der Waals surface area contributed by atoms with Crippen molar-refractivity contribution in [3.63, 3.8) is 0 Å². The predicted octanol–water partition coefficient (Wildman–Crippen LogP) is 1.53. The number of nitrogens with one attached hydrogen (secondary N) is 1. The van der Waals surface area contributed by atoms with Crippen LogP contribution < -0.4 is 11.1 Å². The molecule has 1 rings (SSSR count). The lowest BCUT2D eigenvalue weighted by atomic mass is 10.1. The molecule has 0 heterocycles. The average Bonchev–Trinajstić information content (AvgIpc) is 2.40. The molecule has 0 spiro atoms. The molecule has 0 aromatic heterocycles. The second kappa shape index (κ2) is 8.67. The molecular formula is C15H24N2O3S. The van der Waals surface area contributed by atoms with Crippen molar-refractivity contribution in [1.82, 2.24) is 5.32 Å². The third-order valence-electron chi connectivity index (χ3n) is 3.13. The van der Waals surface area contributed by atoms with Crippen LogP contribution in [0.25, 0.3) is 0 Å². The molecule has 0 saturated heterocycles. The summed E-state index contributed by atoms with van der Waals surface area (Å²) in [7, 11) is -3.28. The number of unbranched alkanes of at least 4 members (excludes halogenated alkanes) is 2. The molecule has 0 unspecified atom stereocenters. The summed E-state index contributed by atoms with van der Waals surface area (Å²) in [6.07, 6.45) is 3.11. The van der Waals surface area contributed by atoms with Gasteiger partial charge in [0.2, 0.25) is 5.91 Å². The van der Waals surface area contributed by atoms with E-state index < -0.39 is 21.5 Å². The van der Waals surface area contributed by atoms with Gasteiger partial charge in [-0.05, 0) is 30.5 Å². The highest BCUT2D eigenvalue weighted by atomic mass is 32.2. The molecule has 1 aromatic rings. The summed E-state index contributed by atoms with van der Waals surface area (Å²) < 4.78 is 23.4. The number of nitrogens with two attached hydrogens (primary N) is 1. The van der Waals surface area contributed by atoms with Crippen molar-refractivity contribution in [1.29, 1.82) is 0 Å². The molecule has 1 aromatic carbocycles. The standard InChI is InChI=1S/C15H24N2O3S/c1-2-3-4-11-21(19,20)12-15(18)17-10-9-13-5-7-14(16)8-6-13/h5-8H,2-4,9-12,16H2,1H3,(H,17,18). The molecule has 0 radical (unpaired) electrons. The van der Waals surface area contributed by atoms with Gasteiger partial charge in [-0.2, -0.15) is 0 Å². The first kappa shape index (κ1) is 17.5. The monoisotopic (exact) mass is 312 g/mol. The summed E-state index contributed by atoms with van der Waals surface area (Å²) in [5.41, 5.74) is 7.33. The molecule has 3 N–H and O–H groups in total. The van der Waals surface area contributed by atoms with Crippen molar-refractivity contribution in [2.75, 3.05) is 23.8 Å². The maximum Gasteiger partial charge on any atom is 0.235 e. The van der Waals surface area contributed by atoms with Crippen molar-refractivity contribution in [3.05, 3.63) is 29.8 Å². The highest BCUT2D eigenvalue weighted by Gasteiger charge is 2.15. The smallest absolute Gasteiger partial charge is 0.235 e. The number of nitrogen functional groups attached to an aromatic ring is 1. The number of anilines is 1. The minimum Gasteiger partial charge on any atom is -0.399 e. The van der Waals surface area contributed by atoms with Crippen LogP contribution in [0.2, 0.25) is 0 Å². The van der Waals surface area contributed by atoms with E-state index in [0.29, 0.717) is 25.1 Å². The molecular weight excluding hydrogens is 288 g/mol. The highest BCUT2D eigenvalue weighted by molar-refractivity contribution is 7.92. The van der Waals surface area contributed by atoms with E-state index in [9.17, 15) is 13.2 Å². The Bertz CT molecular complexity index is 539. The number of carbonyl (C=O) groups is 1. The Labute approximate surface area is 126 Å². The lowest BCUT2D eigenvalue weighted by Gasteiger charge is -2.07. The molecule has 6 heteroatoms. The van der Waals surface area contributed by atoms with Gasteiger partial charge in [-0.15, -0.1) is 0 Å². The summed E-state index contributed by atoms with van der Waals surface area (Å²) in [5, 5.41) is 2.64. The second-order valence-electron chi connectivity index (χ2n) is 5.14. The predicted molar refractivity (Wildman–Crippen MR) is 85.7 cm³/mol. The Morgan fingerprint density at radius 2 is 1.86 bits per heavy atom. The molecule has 0 fully saturated rings. The first-order valence-electron chi connectivity index (χ1n) is 7.24. The fraction of sp³-hybridized carbons (Fsp3) is 0.533. The van der Waals surface area contributed by atoms with Crippen LogP contribution in [0.1, 0.15) is 31.7 Å². The normalized spacial score (nSPS) is 11.3. The van der Waals surface area contributed by atoms with Gasteiger partial charge in [-0.1, -0.05) is 31.9 Å². The van der Waals surface area contributed by atoms with Crippen molar-refractivity contribution in [2.24, 2.45) is 0 Å². The molecule has 0 aliphatic carbocycles. The van der Waals surface area contributed by atoms with Crippen LogP contribution in [0.5, 0.6) is 0 Å². The first-order chi connectivity index (χ1) is 9.93. The number of amides is 1. The first-order valence-corrected chi connectivity index (χ1v) is 9.06. The van der Waals surface area contributed by atoms with Crippen LogP contribution in [0.4, 0.5) is 5.69 Å². The minimum absolute atomic E-state index is 0.0895. The zero-order chi connectivity index (χ0) is 15.7. The third kappa shape index (κ3) is 7.70. The van der Waals surface area contributed by atoms with Gasteiger partial charge in [0.1, 0.15) is 5.75 Å². The number of benzene rings is 1. The number of carbonyl (C=O) groups excluding carboxylic acids is 1. The van der Waals surface area contributed by atoms with E-state index in [4.69, 9.17) is 5.73 Å². The molecule has 21 heavy (non-hydrogen) atoms. The van der Waals surface area contributed by atoms with E-state index in [0.717, 1.165) is 18.4 Å². The molecule has 0 atom stereocenters. The summed E-state index contributed by atoms with van der Waals surface area (Å²) in [4.78, 5) is 11.6. The van der Waals surface area contributed by atoms with Crippen LogP contribution in [0.15, 0.2) is 24.3 Å². The quantitative estimate of drug-likeness (QED) is 0.534. The molecule has 0 aliphatic rings. The Kier molecular flexibility index (Phi) is 7.22. The van der Waals surface area contributed by atoms with E-state index in [1.165, 1.54) is 0 Å². The lowest BCUT2D eigenvalue weighted by Crippen LogP contribution is -2.32. The van der Waals surface area contributed by atoms with E-state index in [-0.39, 0.29) is 5.75 Å². The number of hydrogen-bond donors (Lipinski definition) is 2. The average molecular weight is 312 g/mol. The molecule has 118 valence electrons. The van der Waals surface area contributed by atoms with E-state index in [1.54, 1.807) is 12.1 Å². The Morgan fingerprint density at radius 1 is 1.19 bits per heavy atom. The molecule has 0 saturated carbocycles. The Hall–Kier alpha value is -1.56. The maximum absolute atomic E-state index is 11.7. The second-order valence-corrected chi connectivity index (χ2v) is 7.32. The summed E-state index contributed by atoms with van der Waals surface area (Å²) in [6.45, 7) is 2.43. The van der Waals surface area contributed by atoms with E-state index >= 15 is 0 Å². The van der Waals surface area contributed by atoms with Gasteiger partial charge >= 0.3 is 0 Å². The molecule has 1 amide bonds. The highest BCUT2D eigenvalue weighted by Crippen LogP contribution is 2.05. The summed E-state index contributed by atoms with van der Waals surface area (Å²) >= 11 is 0. The minimum atomic E-state index is -3.28. The Morgan fingerprint density at radius 3 is 2.48 bits per heavy atom. The van der Waals surface area contributed by atoms with Crippen LogP contribution in [-0.4, -0.2) is 32.4 Å². The van der Waals surface area contributed by atoms with Crippen LogP contribution in [-0.2, 0) is 21.1 Å². The topological polar surface area (TPSA) is 89.3 Å². The largest absolute Gasteiger partial charge is 0.399 e. The van der Waals surface area contributed by atoms with Crippen LogP contribution in [0.3, 0.4) is 0 Å². The van der Waals surface area contributed by atoms with Gasteiger partial charge in [0.05, 0.1) is 5.75 Å². The number of sulfone groups is 1. The van der Waals surface area contributed by atoms with Gasteiger partial charge in [-0.25, -0.2) is 8.42 Å². The maximum atomic E-state index is 11.7. The van der Waals surface area contributed by atoms with Crippen molar-refractivity contribution in [3.8, 4) is 0 Å². The fourth-order valence-corrected chi connectivity index (χ4v) is 3.22. The zero-order valence-electron chi connectivity index (χ0n) is 12.5. The van der Waals surface area contributed by atoms with Gasteiger partial charge in [0, 0.05) is 12.2 Å². The van der Waals surface area contributed by atoms with E-state index in [2.05, 4.69) is 5.32 Å². The van der Waals surface area contributed by atoms with Gasteiger partial charge in [0.15, 0.2) is 9.84 Å². The van der Waals surface area contributed by atoms with Gasteiger partial charge in [-0.3, -0.25) is 4.79 Å². The summed E-state index contributed by atoms with van der Waals surface area (Å²) in [6, 6.07) is 7.39. The number of hydrogen-bond acceptors (Lipinski definition) is 4. The van der Waals surface area contributed by atoms with E-state index in [1.807, 2.05) is 19.1 Å². The summed E-state index contributed by atoms with van der Waals surface area (Å²) in [5.74, 6) is -0.757. The van der Waals surface area contributed by atoms with Crippen molar-refractivity contribution in [2.45, 2.75) is 32.6 Å². The zero-order valence-corrected chi connectivity index (χ0v) is 13.3. The van der Waals surface area contributed by atoms with Gasteiger partial charge < -0.3 is 11.1 Å². The Balaban J connectivity index is 2.28. The van der Waals surface area contributed by atoms with Crippen LogP contribution >= 0.6 is 0 Å². The van der Waals surface area contributed by atoms with Gasteiger partial charge in [0.25, 0.3) is 0 Å². The lowest BCUT2D eigenvalue weighted by molar-refractivity contribution is -0.118. The molecule has 0 bridgehead atoms. The van der Waals surface area contributed by atoms with Crippen molar-refractivity contribution < 1.29 is 13.2 Å². The molecule has 0 aliphatic heterocycles. The molecule has 5 nitrogen and oxygen atoms in total.